The van der Waals surface area contributed by atoms with E-state index in [1.54, 1.807) is 7.11 Å². The largest absolute Gasteiger partial charge is 0.497 e. The summed E-state index contributed by atoms with van der Waals surface area (Å²) >= 11 is 0. The zero-order valence-electron chi connectivity index (χ0n) is 25.0. The quantitative estimate of drug-likeness (QED) is 0.234. The third-order valence-electron chi connectivity index (χ3n) is 7.21. The van der Waals surface area contributed by atoms with Gasteiger partial charge in [-0.05, 0) is 74.3 Å². The van der Waals surface area contributed by atoms with Crippen molar-refractivity contribution in [3.63, 3.8) is 0 Å². The molecule has 0 unspecified atom stereocenters. The Morgan fingerprint density at radius 1 is 1.08 bits per heavy atom. The average Bonchev–Trinajstić information content (AvgIpc) is 3.02. The summed E-state index contributed by atoms with van der Waals surface area (Å²) in [6, 6.07) is 6.66. The number of ether oxygens (including phenoxy) is 2. The zero-order chi connectivity index (χ0) is 28.5. The molecule has 0 amide bonds. The lowest BCUT2D eigenvalue weighted by molar-refractivity contribution is -0.137. The van der Waals surface area contributed by atoms with E-state index >= 15 is 0 Å². The fourth-order valence-corrected chi connectivity index (χ4v) is 4.91. The second-order valence-corrected chi connectivity index (χ2v) is 10.4. The van der Waals surface area contributed by atoms with E-state index in [-0.39, 0.29) is 0 Å². The van der Waals surface area contributed by atoms with Crippen LogP contribution in [-0.2, 0) is 29.0 Å². The molecule has 3 rings (SSSR count). The van der Waals surface area contributed by atoms with Crippen LogP contribution in [0.15, 0.2) is 18.2 Å². The normalized spacial score (nSPS) is 13.5. The van der Waals surface area contributed by atoms with Gasteiger partial charge in [0.1, 0.15) is 5.75 Å². The lowest BCUT2D eigenvalue weighted by Gasteiger charge is -2.22. The number of carboxylic acids is 1. The van der Waals surface area contributed by atoms with Crippen LogP contribution in [-0.4, -0.2) is 41.0 Å². The molecule has 1 atom stereocenters. The van der Waals surface area contributed by atoms with Crippen molar-refractivity contribution in [2.24, 2.45) is 0 Å². The number of methoxy groups -OCH3 is 1. The average molecular weight is 542 g/mol. The SMILES string of the molecule is CCCC(=O)O.CCCCCC[C@H](CC)Nc1nnc2c(c1CCCC)CCCOCc1cc(OC)ccc1-2. The molecule has 0 bridgehead atoms. The maximum atomic E-state index is 9.60. The number of carboxylic acid groups (broad SMARTS) is 1. The van der Waals surface area contributed by atoms with Crippen LogP contribution < -0.4 is 10.1 Å². The topological polar surface area (TPSA) is 93.6 Å². The Labute approximate surface area is 236 Å². The summed E-state index contributed by atoms with van der Waals surface area (Å²) in [7, 11) is 1.71. The third-order valence-corrected chi connectivity index (χ3v) is 7.21. The van der Waals surface area contributed by atoms with Gasteiger partial charge in [-0.1, -0.05) is 59.8 Å². The molecule has 39 heavy (non-hydrogen) atoms. The smallest absolute Gasteiger partial charge is 0.303 e. The van der Waals surface area contributed by atoms with Crippen LogP contribution in [0.2, 0.25) is 0 Å². The Balaban J connectivity index is 0.000000798. The van der Waals surface area contributed by atoms with Gasteiger partial charge >= 0.3 is 5.97 Å². The first-order valence-electron chi connectivity index (χ1n) is 15.1. The van der Waals surface area contributed by atoms with Crippen molar-refractivity contribution in [3.8, 4) is 17.0 Å². The first-order valence-corrected chi connectivity index (χ1v) is 15.1. The number of fused-ring (bicyclic) bond motifs is 3. The minimum absolute atomic E-state index is 0.292. The van der Waals surface area contributed by atoms with E-state index in [1.807, 2.05) is 13.0 Å². The van der Waals surface area contributed by atoms with Gasteiger partial charge in [0.15, 0.2) is 5.82 Å². The molecular formula is C32H51N3O4. The number of carbonyl (C=O) groups is 1. The highest BCUT2D eigenvalue weighted by Gasteiger charge is 2.22. The Morgan fingerprint density at radius 2 is 1.87 bits per heavy atom. The number of hydrogen-bond acceptors (Lipinski definition) is 6. The zero-order valence-corrected chi connectivity index (χ0v) is 25.0. The number of anilines is 1. The fourth-order valence-electron chi connectivity index (χ4n) is 4.91. The molecule has 1 aromatic heterocycles. The summed E-state index contributed by atoms with van der Waals surface area (Å²) in [6.45, 7) is 9.97. The second kappa shape index (κ2) is 18.6. The Morgan fingerprint density at radius 3 is 2.51 bits per heavy atom. The van der Waals surface area contributed by atoms with E-state index in [0.29, 0.717) is 19.1 Å². The molecule has 0 saturated heterocycles. The lowest BCUT2D eigenvalue weighted by Crippen LogP contribution is -2.22. The number of aliphatic carboxylic acids is 1. The molecule has 2 N–H and O–H groups in total. The minimum atomic E-state index is -0.711. The molecular weight excluding hydrogens is 490 g/mol. The van der Waals surface area contributed by atoms with E-state index in [4.69, 9.17) is 24.8 Å². The second-order valence-electron chi connectivity index (χ2n) is 10.4. The Hall–Kier alpha value is -2.67. The van der Waals surface area contributed by atoms with Crippen molar-refractivity contribution in [1.29, 1.82) is 0 Å². The van der Waals surface area contributed by atoms with Gasteiger partial charge in [0.25, 0.3) is 0 Å². The molecule has 7 nitrogen and oxygen atoms in total. The van der Waals surface area contributed by atoms with Crippen LogP contribution in [0.1, 0.15) is 115 Å². The van der Waals surface area contributed by atoms with Crippen molar-refractivity contribution in [2.45, 2.75) is 124 Å². The number of nitrogens with one attached hydrogen (secondary N) is 1. The Kier molecular flexibility index (Phi) is 15.5. The fraction of sp³-hybridized carbons (Fsp3) is 0.656. The molecule has 218 valence electrons. The summed E-state index contributed by atoms with van der Waals surface area (Å²) < 4.78 is 11.5. The standard InChI is InChI=1S/C28H43N3O2.C4H8O2/c1-5-8-10-11-13-22(7-3)29-28-26(14-9-6-2)25-15-12-18-33-20-21-19-23(32-4)16-17-24(21)27(25)30-31-28;1-2-3-4(5)6/h16-17,19,22H,5-15,18,20H2,1-4H3,(H,29,31);2-3H2,1H3,(H,5,6)/t22-;/m0./s1. The van der Waals surface area contributed by atoms with E-state index < -0.39 is 5.97 Å². The number of aromatic nitrogens is 2. The number of hydrogen-bond donors (Lipinski definition) is 2. The summed E-state index contributed by atoms with van der Waals surface area (Å²) in [5.74, 6) is 1.14. The van der Waals surface area contributed by atoms with Gasteiger partial charge in [-0.3, -0.25) is 4.79 Å². The van der Waals surface area contributed by atoms with E-state index in [1.165, 1.54) is 49.7 Å². The minimum Gasteiger partial charge on any atom is -0.497 e. The molecule has 0 fully saturated rings. The van der Waals surface area contributed by atoms with Gasteiger partial charge in [0.2, 0.25) is 0 Å². The maximum Gasteiger partial charge on any atom is 0.303 e. The van der Waals surface area contributed by atoms with E-state index in [9.17, 15) is 4.79 Å². The van der Waals surface area contributed by atoms with Gasteiger partial charge in [-0.25, -0.2) is 0 Å². The summed E-state index contributed by atoms with van der Waals surface area (Å²) in [6.07, 6.45) is 13.8. The monoisotopic (exact) mass is 541 g/mol. The molecule has 7 heteroatoms. The van der Waals surface area contributed by atoms with Gasteiger partial charge in [0, 0.05) is 30.2 Å². The van der Waals surface area contributed by atoms with E-state index in [0.717, 1.165) is 73.5 Å². The van der Waals surface area contributed by atoms with Crippen molar-refractivity contribution < 1.29 is 19.4 Å². The molecule has 1 aliphatic rings. The third kappa shape index (κ3) is 10.8. The van der Waals surface area contributed by atoms with Gasteiger partial charge < -0.3 is 19.9 Å². The predicted molar refractivity (Wildman–Crippen MR) is 160 cm³/mol. The molecule has 1 aromatic carbocycles. The van der Waals surface area contributed by atoms with Crippen molar-refractivity contribution >= 4 is 11.8 Å². The number of unbranched alkanes of at least 4 members (excludes halogenated alkanes) is 4. The molecule has 0 spiro atoms. The highest BCUT2D eigenvalue weighted by atomic mass is 16.5. The molecule has 2 aromatic rings. The molecule has 0 aliphatic carbocycles. The number of rotatable bonds is 14. The van der Waals surface area contributed by atoms with Crippen LogP contribution in [0.3, 0.4) is 0 Å². The van der Waals surface area contributed by atoms with Gasteiger partial charge in [0.05, 0.1) is 19.4 Å². The van der Waals surface area contributed by atoms with Crippen LogP contribution in [0, 0.1) is 0 Å². The molecule has 0 saturated carbocycles. The van der Waals surface area contributed by atoms with Crippen LogP contribution in [0.25, 0.3) is 11.3 Å². The number of nitrogens with zero attached hydrogens (tertiary/aromatic N) is 2. The van der Waals surface area contributed by atoms with Crippen LogP contribution in [0.4, 0.5) is 5.82 Å². The van der Waals surface area contributed by atoms with Crippen molar-refractivity contribution in [1.82, 2.24) is 10.2 Å². The molecule has 0 radical (unpaired) electrons. The highest BCUT2D eigenvalue weighted by molar-refractivity contribution is 5.71. The van der Waals surface area contributed by atoms with Gasteiger partial charge in [-0.15, -0.1) is 10.2 Å². The van der Waals surface area contributed by atoms with Crippen LogP contribution >= 0.6 is 0 Å². The number of benzene rings is 1. The molecule has 1 aliphatic heterocycles. The van der Waals surface area contributed by atoms with Crippen LogP contribution in [0.5, 0.6) is 5.75 Å². The first kappa shape index (κ1) is 32.5. The lowest BCUT2D eigenvalue weighted by atomic mass is 9.93. The van der Waals surface area contributed by atoms with E-state index in [2.05, 4.69) is 38.2 Å². The van der Waals surface area contributed by atoms with Crippen molar-refractivity contribution in [2.75, 3.05) is 19.0 Å². The summed E-state index contributed by atoms with van der Waals surface area (Å²) in [5, 5.41) is 21.3. The summed E-state index contributed by atoms with van der Waals surface area (Å²) in [4.78, 5) is 9.60. The van der Waals surface area contributed by atoms with Crippen molar-refractivity contribution in [3.05, 3.63) is 34.9 Å². The molecule has 2 heterocycles. The first-order chi connectivity index (χ1) is 19.0. The summed E-state index contributed by atoms with van der Waals surface area (Å²) in [5.41, 5.74) is 5.97. The van der Waals surface area contributed by atoms with Gasteiger partial charge in [-0.2, -0.15) is 0 Å². The highest BCUT2D eigenvalue weighted by Crippen LogP contribution is 2.35. The predicted octanol–water partition coefficient (Wildman–Crippen LogP) is 7.99. The maximum absolute atomic E-state index is 9.60. The Bertz CT molecular complexity index is 996.